The molecule has 0 saturated heterocycles. The molecule has 1 N–H and O–H groups in total. The molecule has 0 radical (unpaired) electrons. The highest BCUT2D eigenvalue weighted by molar-refractivity contribution is 7.54. The summed E-state index contributed by atoms with van der Waals surface area (Å²) in [5, 5.41) is 4.31. The molecule has 0 spiro atoms. The van der Waals surface area contributed by atoms with Gasteiger partial charge in [-0.1, -0.05) is 86.0 Å². The molecule has 0 unspecified atom stereocenters. The number of para-hydroxylation sites is 1. The molecule has 2 aromatic carbocycles. The number of nitrogens with one attached hydrogen (secondary N) is 1. The Kier molecular flexibility index (Phi) is 8.59. The van der Waals surface area contributed by atoms with Gasteiger partial charge in [-0.05, 0) is 49.9 Å². The van der Waals surface area contributed by atoms with E-state index < -0.39 is 13.4 Å². The number of hydrogen-bond acceptors (Lipinski definition) is 4. The zero-order chi connectivity index (χ0) is 22.4. The van der Waals surface area contributed by atoms with Crippen LogP contribution in [0.4, 0.5) is 5.69 Å². The van der Waals surface area contributed by atoms with Crippen molar-refractivity contribution in [2.24, 2.45) is 0 Å². The summed E-state index contributed by atoms with van der Waals surface area (Å²) >= 11 is 13.3. The molecule has 0 heterocycles. The van der Waals surface area contributed by atoms with Crippen molar-refractivity contribution in [2.45, 2.75) is 82.2 Å². The van der Waals surface area contributed by atoms with E-state index in [9.17, 15) is 4.57 Å². The minimum Gasteiger partial charge on any atom is -0.368 e. The summed E-state index contributed by atoms with van der Waals surface area (Å²) in [6.45, 7) is 0. The third-order valence-corrected chi connectivity index (χ3v) is 9.23. The molecule has 4 nitrogen and oxygen atoms in total. The van der Waals surface area contributed by atoms with Gasteiger partial charge in [0, 0.05) is 21.3 Å². The highest BCUT2D eigenvalue weighted by atomic mass is 35.5. The topological polar surface area (TPSA) is 47.6 Å². The molecule has 2 aromatic rings. The molecule has 0 aromatic heterocycles. The molecule has 2 aliphatic rings. The van der Waals surface area contributed by atoms with E-state index in [4.69, 9.17) is 32.2 Å². The summed E-state index contributed by atoms with van der Waals surface area (Å²) in [5.74, 6) is -0.796. The van der Waals surface area contributed by atoms with Gasteiger partial charge in [-0.25, -0.2) is 0 Å². The quantitative estimate of drug-likeness (QED) is 0.371. The van der Waals surface area contributed by atoms with Crippen LogP contribution in [-0.4, -0.2) is 12.2 Å². The number of rotatable bonds is 8. The van der Waals surface area contributed by atoms with E-state index in [1.807, 2.05) is 30.3 Å². The molecule has 2 aliphatic carbocycles. The Labute approximate surface area is 201 Å². The normalized spacial score (nSPS) is 19.6. The van der Waals surface area contributed by atoms with E-state index in [1.165, 1.54) is 12.8 Å². The third kappa shape index (κ3) is 6.10. The van der Waals surface area contributed by atoms with E-state index >= 15 is 0 Å². The molecule has 2 saturated carbocycles. The van der Waals surface area contributed by atoms with E-state index in [2.05, 4.69) is 5.32 Å². The molecule has 2 fully saturated rings. The van der Waals surface area contributed by atoms with Crippen LogP contribution in [0.15, 0.2) is 48.5 Å². The standard InChI is InChI=1S/C25H32Cl2NO3P/c26-22-17-10-18-23(27)24(22)25(28-19-11-4-1-5-12-19)32(29,30-20-13-6-2-7-14-20)31-21-15-8-3-9-16-21/h1,4-5,10-12,17-18,20-21,25,28H,2-3,6-9,13-16H2/t25-/m1/s1. The van der Waals surface area contributed by atoms with Gasteiger partial charge >= 0.3 is 7.60 Å². The van der Waals surface area contributed by atoms with E-state index in [0.29, 0.717) is 15.6 Å². The monoisotopic (exact) mass is 495 g/mol. The average molecular weight is 496 g/mol. The predicted octanol–water partition coefficient (Wildman–Crippen LogP) is 9.00. The fourth-order valence-electron chi connectivity index (χ4n) is 4.68. The van der Waals surface area contributed by atoms with Gasteiger partial charge in [0.25, 0.3) is 0 Å². The van der Waals surface area contributed by atoms with E-state index in [-0.39, 0.29) is 12.2 Å². The molecular weight excluding hydrogens is 464 g/mol. The summed E-state index contributed by atoms with van der Waals surface area (Å²) in [7, 11) is -3.69. The first kappa shape index (κ1) is 24.1. The van der Waals surface area contributed by atoms with Gasteiger partial charge in [0.15, 0.2) is 5.78 Å². The van der Waals surface area contributed by atoms with Gasteiger partial charge in [-0.15, -0.1) is 0 Å². The van der Waals surface area contributed by atoms with Crippen LogP contribution in [0.5, 0.6) is 0 Å². The number of halogens is 2. The van der Waals surface area contributed by atoms with Crippen molar-refractivity contribution in [3.8, 4) is 0 Å². The Bertz CT molecular complexity index is 870. The molecule has 4 rings (SSSR count). The van der Waals surface area contributed by atoms with Gasteiger partial charge in [0.2, 0.25) is 0 Å². The molecule has 0 bridgehead atoms. The van der Waals surface area contributed by atoms with Crippen molar-refractivity contribution in [2.75, 3.05) is 5.32 Å². The molecule has 0 amide bonds. The lowest BCUT2D eigenvalue weighted by Gasteiger charge is -2.36. The molecule has 7 heteroatoms. The molecule has 32 heavy (non-hydrogen) atoms. The lowest BCUT2D eigenvalue weighted by Crippen LogP contribution is -2.25. The van der Waals surface area contributed by atoms with Crippen molar-refractivity contribution in [3.63, 3.8) is 0 Å². The lowest BCUT2D eigenvalue weighted by molar-refractivity contribution is 0.0758. The zero-order valence-corrected chi connectivity index (χ0v) is 20.8. The summed E-state index contributed by atoms with van der Waals surface area (Å²) in [6.07, 6.45) is 10.1. The largest absolute Gasteiger partial charge is 0.368 e. The summed E-state index contributed by atoms with van der Waals surface area (Å²) in [4.78, 5) is 0. The molecule has 1 atom stereocenters. The van der Waals surface area contributed by atoms with Crippen molar-refractivity contribution in [1.29, 1.82) is 0 Å². The van der Waals surface area contributed by atoms with Crippen LogP contribution < -0.4 is 5.32 Å². The second-order valence-electron chi connectivity index (χ2n) is 8.82. The van der Waals surface area contributed by atoms with Crippen LogP contribution in [0.1, 0.15) is 75.6 Å². The van der Waals surface area contributed by atoms with Gasteiger partial charge in [-0.2, -0.15) is 0 Å². The minimum atomic E-state index is -3.69. The van der Waals surface area contributed by atoms with Gasteiger partial charge in [0.05, 0.1) is 12.2 Å². The van der Waals surface area contributed by atoms with Crippen LogP contribution >= 0.6 is 30.8 Å². The minimum absolute atomic E-state index is 0.0838. The Morgan fingerprint density at radius 2 is 1.25 bits per heavy atom. The van der Waals surface area contributed by atoms with Gasteiger partial charge in [0.1, 0.15) is 0 Å². The lowest BCUT2D eigenvalue weighted by atomic mass is 9.98. The summed E-state index contributed by atoms with van der Waals surface area (Å²) in [6, 6.07) is 15.0. The number of anilines is 1. The van der Waals surface area contributed by atoms with Crippen molar-refractivity contribution < 1.29 is 13.6 Å². The first-order valence-electron chi connectivity index (χ1n) is 11.8. The second-order valence-corrected chi connectivity index (χ2v) is 11.7. The second kappa shape index (κ2) is 11.4. The summed E-state index contributed by atoms with van der Waals surface area (Å²) < 4.78 is 27.6. The van der Waals surface area contributed by atoms with E-state index in [0.717, 1.165) is 57.1 Å². The predicted molar refractivity (Wildman–Crippen MR) is 133 cm³/mol. The number of hydrogen-bond donors (Lipinski definition) is 1. The van der Waals surface area contributed by atoms with Crippen LogP contribution in [0.25, 0.3) is 0 Å². The van der Waals surface area contributed by atoms with Crippen LogP contribution in [0.3, 0.4) is 0 Å². The van der Waals surface area contributed by atoms with Gasteiger partial charge < -0.3 is 14.4 Å². The van der Waals surface area contributed by atoms with Crippen molar-refractivity contribution >= 4 is 36.5 Å². The van der Waals surface area contributed by atoms with Crippen molar-refractivity contribution in [1.82, 2.24) is 0 Å². The summed E-state index contributed by atoms with van der Waals surface area (Å²) in [5.41, 5.74) is 1.38. The highest BCUT2D eigenvalue weighted by Gasteiger charge is 2.44. The van der Waals surface area contributed by atoms with Crippen LogP contribution in [-0.2, 0) is 13.6 Å². The maximum atomic E-state index is 14.7. The Morgan fingerprint density at radius 1 is 0.750 bits per heavy atom. The number of benzene rings is 2. The van der Waals surface area contributed by atoms with Crippen LogP contribution in [0.2, 0.25) is 10.0 Å². The highest BCUT2D eigenvalue weighted by Crippen LogP contribution is 2.65. The first-order chi connectivity index (χ1) is 15.5. The van der Waals surface area contributed by atoms with Crippen molar-refractivity contribution in [3.05, 3.63) is 64.1 Å². The zero-order valence-electron chi connectivity index (χ0n) is 18.3. The average Bonchev–Trinajstić information content (AvgIpc) is 2.80. The maximum Gasteiger partial charge on any atom is 0.357 e. The first-order valence-corrected chi connectivity index (χ1v) is 14.1. The molecule has 174 valence electrons. The fraction of sp³-hybridized carbons (Fsp3) is 0.520. The maximum absolute atomic E-state index is 14.7. The Morgan fingerprint density at radius 3 is 1.75 bits per heavy atom. The Balaban J connectivity index is 1.74. The van der Waals surface area contributed by atoms with Crippen LogP contribution in [0, 0.1) is 0 Å². The third-order valence-electron chi connectivity index (χ3n) is 6.36. The smallest absolute Gasteiger partial charge is 0.357 e. The molecular formula is C25H32Cl2NO3P. The fourth-order valence-corrected chi connectivity index (χ4v) is 7.89. The van der Waals surface area contributed by atoms with E-state index in [1.54, 1.807) is 18.2 Å². The molecule has 0 aliphatic heterocycles. The van der Waals surface area contributed by atoms with Gasteiger partial charge in [-0.3, -0.25) is 4.57 Å². The Hall–Kier alpha value is -1.03. The SMILES string of the molecule is O=P(OC1CCCCC1)(OC1CCCCC1)[C@@H](Nc1ccccc1)c1c(Cl)cccc1Cl.